The third-order valence-corrected chi connectivity index (χ3v) is 7.30. The minimum absolute atomic E-state index is 0.0455. The topological polar surface area (TPSA) is 64.9 Å². The number of aryl methyl sites for hydroxylation is 1. The average molecular weight is 439 g/mol. The van der Waals surface area contributed by atoms with Gasteiger partial charge in [-0.05, 0) is 50.1 Å². The quantitative estimate of drug-likeness (QED) is 0.613. The van der Waals surface area contributed by atoms with Gasteiger partial charge in [0.15, 0.2) is 0 Å². The van der Waals surface area contributed by atoms with E-state index < -0.39 is 5.41 Å². The first-order valence-corrected chi connectivity index (χ1v) is 11.4. The predicted molar refractivity (Wildman–Crippen MR) is 130 cm³/mol. The fraction of sp³-hybridized carbons (Fsp3) is 0.308. The molecular weight excluding hydrogens is 412 g/mol. The van der Waals surface area contributed by atoms with E-state index in [9.17, 15) is 4.79 Å². The molecule has 4 heterocycles. The average Bonchev–Trinajstić information content (AvgIpc) is 3.10. The van der Waals surface area contributed by atoms with Crippen LogP contribution in [0, 0.1) is 12.3 Å². The minimum Gasteiger partial charge on any atom is -0.363 e. The largest absolute Gasteiger partial charge is 0.363 e. The lowest BCUT2D eigenvalue weighted by atomic mass is 9.67. The van der Waals surface area contributed by atoms with Crippen LogP contribution in [-0.2, 0) is 11.2 Å². The molecule has 3 aliphatic heterocycles. The fourth-order valence-corrected chi connectivity index (χ4v) is 5.56. The van der Waals surface area contributed by atoms with Gasteiger partial charge in [0.1, 0.15) is 5.41 Å². The van der Waals surface area contributed by atoms with Crippen LogP contribution >= 0.6 is 0 Å². The number of aromatic nitrogens is 2. The molecule has 7 heteroatoms. The highest BCUT2D eigenvalue weighted by atomic mass is 16.2. The summed E-state index contributed by atoms with van der Waals surface area (Å²) in [6.07, 6.45) is 4.19. The van der Waals surface area contributed by atoms with Gasteiger partial charge in [0.2, 0.25) is 5.95 Å². The van der Waals surface area contributed by atoms with Gasteiger partial charge in [-0.2, -0.15) is 10.1 Å². The Bertz CT molecular complexity index is 1240. The Morgan fingerprint density at radius 1 is 0.939 bits per heavy atom. The van der Waals surface area contributed by atoms with Gasteiger partial charge in [0.05, 0.1) is 17.4 Å². The van der Waals surface area contributed by atoms with Crippen molar-refractivity contribution in [2.75, 3.05) is 34.4 Å². The van der Waals surface area contributed by atoms with Gasteiger partial charge in [-0.25, -0.2) is 9.97 Å². The molecule has 166 valence electrons. The first-order valence-electron chi connectivity index (χ1n) is 11.4. The molecule has 33 heavy (non-hydrogen) atoms. The van der Waals surface area contributed by atoms with Crippen molar-refractivity contribution in [3.8, 4) is 0 Å². The van der Waals surface area contributed by atoms with E-state index in [1.807, 2.05) is 44.2 Å². The van der Waals surface area contributed by atoms with Crippen molar-refractivity contribution in [2.45, 2.75) is 26.3 Å². The van der Waals surface area contributed by atoms with Crippen molar-refractivity contribution in [3.05, 3.63) is 78.1 Å². The molecule has 7 nitrogen and oxygen atoms in total. The molecule has 1 fully saturated rings. The Morgan fingerprint density at radius 2 is 1.70 bits per heavy atom. The first kappa shape index (κ1) is 19.9. The Hall–Kier alpha value is -3.74. The predicted octanol–water partition coefficient (Wildman–Crippen LogP) is 3.45. The molecular formula is C26H26N6O. The molecule has 3 aliphatic rings. The number of carbonyl (C=O) groups excluding carboxylic acids is 1. The van der Waals surface area contributed by atoms with Crippen LogP contribution in [0.25, 0.3) is 0 Å². The maximum Gasteiger partial charge on any atom is 0.261 e. The lowest BCUT2D eigenvalue weighted by Gasteiger charge is -2.53. The molecule has 2 atom stereocenters. The maximum atomic E-state index is 14.2. The van der Waals surface area contributed by atoms with E-state index in [1.54, 1.807) is 17.4 Å². The van der Waals surface area contributed by atoms with Gasteiger partial charge in [-0.15, -0.1) is 0 Å². The summed E-state index contributed by atoms with van der Waals surface area (Å²) < 4.78 is 0. The van der Waals surface area contributed by atoms with E-state index in [-0.39, 0.29) is 11.9 Å². The van der Waals surface area contributed by atoms with Gasteiger partial charge in [-0.1, -0.05) is 35.9 Å². The number of para-hydroxylation sites is 1. The number of hydrazone groups is 1. The highest BCUT2D eigenvalue weighted by Crippen LogP contribution is 2.48. The first-order chi connectivity index (χ1) is 16.1. The summed E-state index contributed by atoms with van der Waals surface area (Å²) >= 11 is 0. The summed E-state index contributed by atoms with van der Waals surface area (Å²) in [6.45, 7) is 6.32. The number of piperazine rings is 1. The zero-order valence-electron chi connectivity index (χ0n) is 18.8. The smallest absolute Gasteiger partial charge is 0.261 e. The third-order valence-electron chi connectivity index (χ3n) is 7.30. The number of hydrogen-bond donors (Lipinski definition) is 0. The summed E-state index contributed by atoms with van der Waals surface area (Å²) in [6, 6.07) is 18.2. The molecule has 6 rings (SSSR count). The number of benzene rings is 2. The molecule has 1 spiro atoms. The normalized spacial score (nSPS) is 24.1. The van der Waals surface area contributed by atoms with Crippen LogP contribution < -0.4 is 14.8 Å². The zero-order valence-corrected chi connectivity index (χ0v) is 18.8. The molecule has 0 bridgehead atoms. The SMILES string of the molecule is CC1=NN(c2ccc(C)cc2)C(=O)[C@]12Cc1ccccc1N1CCN(c3ncccn3)C[C@@H]12. The molecule has 2 aromatic carbocycles. The van der Waals surface area contributed by atoms with Crippen LogP contribution in [0.3, 0.4) is 0 Å². The molecule has 0 radical (unpaired) electrons. The van der Waals surface area contributed by atoms with Crippen LogP contribution in [-0.4, -0.2) is 47.3 Å². The van der Waals surface area contributed by atoms with Gasteiger partial charge in [0, 0.05) is 37.7 Å². The second-order valence-electron chi connectivity index (χ2n) is 9.12. The number of rotatable bonds is 2. The summed E-state index contributed by atoms with van der Waals surface area (Å²) in [5.74, 6) is 0.755. The Labute approximate surface area is 193 Å². The van der Waals surface area contributed by atoms with E-state index in [1.165, 1.54) is 11.3 Å². The molecule has 0 saturated carbocycles. The number of hydrogen-bond acceptors (Lipinski definition) is 6. The van der Waals surface area contributed by atoms with Crippen molar-refractivity contribution in [1.82, 2.24) is 9.97 Å². The molecule has 0 unspecified atom stereocenters. The number of amides is 1. The summed E-state index contributed by atoms with van der Waals surface area (Å²) in [7, 11) is 0. The molecule has 0 aliphatic carbocycles. The van der Waals surface area contributed by atoms with Crippen LogP contribution in [0.15, 0.2) is 72.1 Å². The van der Waals surface area contributed by atoms with Gasteiger partial charge < -0.3 is 9.80 Å². The molecule has 1 aromatic heterocycles. The Balaban J connectivity index is 1.45. The second kappa shape index (κ2) is 7.40. The van der Waals surface area contributed by atoms with Crippen molar-refractivity contribution in [1.29, 1.82) is 0 Å². The fourth-order valence-electron chi connectivity index (χ4n) is 5.56. The lowest BCUT2D eigenvalue weighted by Crippen LogP contribution is -2.67. The van der Waals surface area contributed by atoms with Crippen molar-refractivity contribution >= 4 is 28.9 Å². The third kappa shape index (κ3) is 2.95. The number of fused-ring (bicyclic) bond motifs is 4. The second-order valence-corrected chi connectivity index (χ2v) is 9.12. The van der Waals surface area contributed by atoms with Gasteiger partial charge >= 0.3 is 0 Å². The van der Waals surface area contributed by atoms with Crippen molar-refractivity contribution in [3.63, 3.8) is 0 Å². The standard InChI is InChI=1S/C26H26N6O/c1-18-8-10-21(11-9-18)32-24(33)26(19(2)29-32)16-20-6-3-4-7-22(20)31-15-14-30(17-23(26)31)25-27-12-5-13-28-25/h3-13,23H,14-17H2,1-2H3/t23-,26-/m1/s1. The lowest BCUT2D eigenvalue weighted by molar-refractivity contribution is -0.125. The molecule has 3 aromatic rings. The number of carbonyl (C=O) groups is 1. The van der Waals surface area contributed by atoms with Crippen molar-refractivity contribution in [2.24, 2.45) is 10.5 Å². The number of nitrogens with zero attached hydrogens (tertiary/aromatic N) is 6. The monoisotopic (exact) mass is 438 g/mol. The van der Waals surface area contributed by atoms with Crippen molar-refractivity contribution < 1.29 is 4.79 Å². The van der Waals surface area contributed by atoms with E-state index in [2.05, 4.69) is 44.0 Å². The van der Waals surface area contributed by atoms with Crippen LogP contribution in [0.1, 0.15) is 18.1 Å². The Kier molecular flexibility index (Phi) is 4.47. The summed E-state index contributed by atoms with van der Waals surface area (Å²) in [5.41, 5.74) is 4.53. The van der Waals surface area contributed by atoms with E-state index in [0.29, 0.717) is 18.9 Å². The van der Waals surface area contributed by atoms with Crippen LogP contribution in [0.5, 0.6) is 0 Å². The van der Waals surface area contributed by atoms with Gasteiger partial charge in [0.25, 0.3) is 5.91 Å². The zero-order chi connectivity index (χ0) is 22.6. The molecule has 0 N–H and O–H groups in total. The number of anilines is 3. The van der Waals surface area contributed by atoms with Gasteiger partial charge in [-0.3, -0.25) is 4.79 Å². The highest BCUT2D eigenvalue weighted by molar-refractivity contribution is 6.20. The van der Waals surface area contributed by atoms with E-state index >= 15 is 0 Å². The highest BCUT2D eigenvalue weighted by Gasteiger charge is 2.60. The maximum absolute atomic E-state index is 14.2. The molecule has 1 saturated heterocycles. The van der Waals surface area contributed by atoms with E-state index in [0.717, 1.165) is 30.1 Å². The molecule has 1 amide bonds. The Morgan fingerprint density at radius 3 is 2.48 bits per heavy atom. The summed E-state index contributed by atoms with van der Waals surface area (Å²) in [4.78, 5) is 27.8. The van der Waals surface area contributed by atoms with Crippen LogP contribution in [0.2, 0.25) is 0 Å². The van der Waals surface area contributed by atoms with E-state index in [4.69, 9.17) is 5.10 Å². The summed E-state index contributed by atoms with van der Waals surface area (Å²) in [5, 5.41) is 6.44. The minimum atomic E-state index is -0.729. The van der Waals surface area contributed by atoms with Crippen LogP contribution in [0.4, 0.5) is 17.3 Å².